The summed E-state index contributed by atoms with van der Waals surface area (Å²) in [5, 5.41) is 0. The van der Waals surface area contributed by atoms with E-state index in [2.05, 4.69) is 48.6 Å². The molecule has 20 heavy (non-hydrogen) atoms. The van der Waals surface area contributed by atoms with Crippen molar-refractivity contribution in [3.8, 4) is 0 Å². The van der Waals surface area contributed by atoms with Gasteiger partial charge in [-0.05, 0) is 46.6 Å². The van der Waals surface area contributed by atoms with Crippen LogP contribution in [0.4, 0.5) is 0 Å². The number of hydrogen-bond donors (Lipinski definition) is 0. The van der Waals surface area contributed by atoms with Crippen molar-refractivity contribution in [3.05, 3.63) is 10.6 Å². The van der Waals surface area contributed by atoms with Crippen LogP contribution in [0.1, 0.15) is 40.5 Å². The highest BCUT2D eigenvalue weighted by Gasteiger charge is 2.56. The van der Waals surface area contributed by atoms with Gasteiger partial charge >= 0.3 is 7.12 Å². The highest BCUT2D eigenvalue weighted by molar-refractivity contribution is 9.11. The van der Waals surface area contributed by atoms with E-state index in [9.17, 15) is 0 Å². The van der Waals surface area contributed by atoms with Crippen molar-refractivity contribution in [2.24, 2.45) is 4.99 Å². The van der Waals surface area contributed by atoms with Crippen LogP contribution >= 0.6 is 15.9 Å². The predicted molar refractivity (Wildman–Crippen MR) is 83.3 cm³/mol. The Kier molecular flexibility index (Phi) is 3.64. The smallest absolute Gasteiger partial charge is 0.402 e. The van der Waals surface area contributed by atoms with Gasteiger partial charge in [-0.15, -0.1) is 0 Å². The lowest BCUT2D eigenvalue weighted by Crippen LogP contribution is -2.45. The third-order valence-electron chi connectivity index (χ3n) is 4.49. The van der Waals surface area contributed by atoms with Crippen LogP contribution in [0.25, 0.3) is 0 Å². The number of nitrogens with zero attached hydrogens (tertiary/aromatic N) is 1. The van der Waals surface area contributed by atoms with Gasteiger partial charge in [0.25, 0.3) is 0 Å². The third kappa shape index (κ3) is 2.63. The number of ether oxygens (including phenoxy) is 1. The Morgan fingerprint density at radius 2 is 1.85 bits per heavy atom. The molecule has 2 unspecified atom stereocenters. The standard InChI is InChI=1S/C14H21BBrNO3/c1-13(2)14(3,4)20-15(19-13)12-11(18-9-5-6-9)10(16)7-8-17-12/h7-9,11-12H,5-6H2,1-4H3. The molecule has 2 atom stereocenters. The lowest BCUT2D eigenvalue weighted by Gasteiger charge is -2.32. The zero-order chi connectivity index (χ0) is 14.5. The molecule has 0 aromatic heterocycles. The zero-order valence-corrected chi connectivity index (χ0v) is 14.0. The minimum absolute atomic E-state index is 0.109. The van der Waals surface area contributed by atoms with Gasteiger partial charge in [0.15, 0.2) is 0 Å². The van der Waals surface area contributed by atoms with Gasteiger partial charge in [0, 0.05) is 10.7 Å². The quantitative estimate of drug-likeness (QED) is 0.741. The van der Waals surface area contributed by atoms with Crippen LogP contribution in [0.15, 0.2) is 15.6 Å². The van der Waals surface area contributed by atoms with Crippen LogP contribution in [0.2, 0.25) is 0 Å². The topological polar surface area (TPSA) is 40.0 Å². The molecule has 3 aliphatic rings. The van der Waals surface area contributed by atoms with Crippen LogP contribution in [-0.2, 0) is 14.0 Å². The molecule has 0 bridgehead atoms. The number of halogens is 1. The normalized spacial score (nSPS) is 35.2. The Labute approximate surface area is 129 Å². The molecular weight excluding hydrogens is 321 g/mol. The predicted octanol–water partition coefficient (Wildman–Crippen LogP) is 2.90. The summed E-state index contributed by atoms with van der Waals surface area (Å²) >= 11 is 3.59. The Balaban J connectivity index is 1.78. The summed E-state index contributed by atoms with van der Waals surface area (Å²) in [6, 6.07) is 0. The van der Waals surface area contributed by atoms with Crippen LogP contribution in [-0.4, -0.2) is 42.7 Å². The molecule has 3 rings (SSSR count). The second-order valence-electron chi connectivity index (χ2n) is 6.72. The SMILES string of the molecule is CC1(C)OB(C2N=CC=C(Br)C2OC2CC2)OC1(C)C. The summed E-state index contributed by atoms with van der Waals surface area (Å²) in [7, 11) is -0.374. The first-order valence-electron chi connectivity index (χ1n) is 7.20. The Hall–Kier alpha value is -0.165. The molecule has 2 aliphatic heterocycles. The molecular formula is C14H21BBrNO3. The minimum Gasteiger partial charge on any atom is -0.402 e. The van der Waals surface area contributed by atoms with Crippen molar-refractivity contribution in [2.45, 2.75) is 69.9 Å². The summed E-state index contributed by atoms with van der Waals surface area (Å²) in [6.45, 7) is 8.23. The van der Waals surface area contributed by atoms with E-state index in [1.54, 1.807) is 6.21 Å². The number of aliphatic imine (C=N–C) groups is 1. The summed E-state index contributed by atoms with van der Waals surface area (Å²) in [4.78, 5) is 4.55. The molecule has 0 amide bonds. The Morgan fingerprint density at radius 3 is 2.40 bits per heavy atom. The molecule has 2 heterocycles. The molecule has 4 nitrogen and oxygen atoms in total. The maximum atomic E-state index is 6.12. The molecule has 0 N–H and O–H groups in total. The van der Waals surface area contributed by atoms with Crippen LogP contribution in [0.5, 0.6) is 0 Å². The maximum absolute atomic E-state index is 6.12. The lowest BCUT2D eigenvalue weighted by atomic mass is 9.74. The first-order chi connectivity index (χ1) is 9.30. The maximum Gasteiger partial charge on any atom is 0.487 e. The van der Waals surface area contributed by atoms with Gasteiger partial charge in [0.05, 0.1) is 17.3 Å². The van der Waals surface area contributed by atoms with E-state index in [4.69, 9.17) is 14.0 Å². The van der Waals surface area contributed by atoms with Crippen molar-refractivity contribution < 1.29 is 14.0 Å². The fraction of sp³-hybridized carbons (Fsp3) is 0.786. The van der Waals surface area contributed by atoms with E-state index >= 15 is 0 Å². The molecule has 110 valence electrons. The van der Waals surface area contributed by atoms with Gasteiger partial charge in [0.2, 0.25) is 0 Å². The fourth-order valence-corrected chi connectivity index (χ4v) is 2.84. The average Bonchev–Trinajstić information content (AvgIpc) is 3.10. The average molecular weight is 342 g/mol. The molecule has 1 saturated heterocycles. The highest BCUT2D eigenvalue weighted by atomic mass is 79.9. The molecule has 6 heteroatoms. The fourth-order valence-electron chi connectivity index (χ4n) is 2.35. The molecule has 0 radical (unpaired) electrons. The molecule has 0 aromatic rings. The van der Waals surface area contributed by atoms with E-state index < -0.39 is 0 Å². The Bertz CT molecular complexity index is 443. The first kappa shape index (κ1) is 14.8. The number of dihydropyridines is 1. The molecule has 0 spiro atoms. The summed E-state index contributed by atoms with van der Waals surface area (Å²) in [6.07, 6.45) is 6.26. The van der Waals surface area contributed by atoms with E-state index in [1.807, 2.05) is 6.08 Å². The van der Waals surface area contributed by atoms with Crippen LogP contribution in [0, 0.1) is 0 Å². The van der Waals surface area contributed by atoms with Gasteiger partial charge in [0.1, 0.15) is 12.0 Å². The van der Waals surface area contributed by atoms with Gasteiger partial charge in [-0.3, -0.25) is 4.99 Å². The van der Waals surface area contributed by atoms with E-state index in [0.29, 0.717) is 6.10 Å². The van der Waals surface area contributed by atoms with Crippen molar-refractivity contribution in [1.29, 1.82) is 0 Å². The summed E-state index contributed by atoms with van der Waals surface area (Å²) in [5.41, 5.74) is -0.685. The Morgan fingerprint density at radius 1 is 1.25 bits per heavy atom. The highest BCUT2D eigenvalue weighted by Crippen LogP contribution is 2.41. The summed E-state index contributed by atoms with van der Waals surface area (Å²) in [5.74, 6) is -0.156. The minimum atomic E-state index is -0.374. The first-order valence-corrected chi connectivity index (χ1v) is 7.99. The van der Waals surface area contributed by atoms with Crippen LogP contribution in [0.3, 0.4) is 0 Å². The van der Waals surface area contributed by atoms with Crippen molar-refractivity contribution in [3.63, 3.8) is 0 Å². The molecule has 1 aliphatic carbocycles. The van der Waals surface area contributed by atoms with E-state index in [1.165, 1.54) is 0 Å². The lowest BCUT2D eigenvalue weighted by molar-refractivity contribution is 0.00578. The number of allylic oxidation sites excluding steroid dienone is 1. The van der Waals surface area contributed by atoms with E-state index in [0.717, 1.165) is 17.3 Å². The van der Waals surface area contributed by atoms with E-state index in [-0.39, 0.29) is 30.4 Å². The van der Waals surface area contributed by atoms with Crippen molar-refractivity contribution in [1.82, 2.24) is 0 Å². The van der Waals surface area contributed by atoms with Crippen LogP contribution < -0.4 is 0 Å². The van der Waals surface area contributed by atoms with Crippen molar-refractivity contribution in [2.75, 3.05) is 0 Å². The second kappa shape index (κ2) is 4.94. The van der Waals surface area contributed by atoms with Crippen molar-refractivity contribution >= 4 is 29.3 Å². The zero-order valence-electron chi connectivity index (χ0n) is 12.4. The van der Waals surface area contributed by atoms with Gasteiger partial charge in [-0.1, -0.05) is 15.9 Å². The number of rotatable bonds is 3. The van der Waals surface area contributed by atoms with Gasteiger partial charge < -0.3 is 14.0 Å². The molecule has 1 saturated carbocycles. The summed E-state index contributed by atoms with van der Waals surface area (Å²) < 4.78 is 19.3. The largest absolute Gasteiger partial charge is 0.487 e. The molecule has 2 fully saturated rings. The second-order valence-corrected chi connectivity index (χ2v) is 7.64. The number of hydrogen-bond acceptors (Lipinski definition) is 4. The van der Waals surface area contributed by atoms with Gasteiger partial charge in [-0.25, -0.2) is 0 Å². The third-order valence-corrected chi connectivity index (χ3v) is 5.20. The van der Waals surface area contributed by atoms with Gasteiger partial charge in [-0.2, -0.15) is 0 Å². The molecule has 0 aromatic carbocycles. The monoisotopic (exact) mass is 341 g/mol.